The van der Waals surface area contributed by atoms with E-state index in [2.05, 4.69) is 24.4 Å². The van der Waals surface area contributed by atoms with E-state index in [1.807, 2.05) is 56.3 Å². The van der Waals surface area contributed by atoms with Crippen molar-refractivity contribution in [3.63, 3.8) is 0 Å². The van der Waals surface area contributed by atoms with Gasteiger partial charge in [0.1, 0.15) is 5.75 Å². The minimum atomic E-state index is -0.334. The first-order chi connectivity index (χ1) is 13.5. The summed E-state index contributed by atoms with van der Waals surface area (Å²) in [5.41, 5.74) is 4.38. The van der Waals surface area contributed by atoms with Crippen LogP contribution < -0.4 is 19.6 Å². The van der Waals surface area contributed by atoms with Crippen molar-refractivity contribution in [2.24, 2.45) is 11.0 Å². The largest absolute Gasteiger partial charge is 0.490 e. The number of aryl methyl sites for hydroxylation is 1. The Morgan fingerprint density at radius 1 is 1.07 bits per heavy atom. The number of nitrogens with zero attached hydrogens (tertiary/aromatic N) is 1. The number of amides is 1. The summed E-state index contributed by atoms with van der Waals surface area (Å²) >= 11 is 0. The van der Waals surface area contributed by atoms with E-state index < -0.39 is 0 Å². The number of ether oxygens (including phenoxy) is 3. The number of rotatable bonds is 10. The number of nitrogens with one attached hydrogen (secondary N) is 1. The third kappa shape index (κ3) is 7.31. The summed E-state index contributed by atoms with van der Waals surface area (Å²) in [6, 6.07) is 13.0. The van der Waals surface area contributed by atoms with Crippen LogP contribution in [0.5, 0.6) is 17.2 Å². The Bertz CT molecular complexity index is 786. The topological polar surface area (TPSA) is 69.2 Å². The maximum absolute atomic E-state index is 11.9. The summed E-state index contributed by atoms with van der Waals surface area (Å²) in [6.07, 6.45) is 1.55. The van der Waals surface area contributed by atoms with Crippen molar-refractivity contribution >= 4 is 12.1 Å². The van der Waals surface area contributed by atoms with Gasteiger partial charge in [0, 0.05) is 0 Å². The van der Waals surface area contributed by atoms with Crippen molar-refractivity contribution in [2.45, 2.75) is 27.7 Å². The molecule has 0 aliphatic carbocycles. The van der Waals surface area contributed by atoms with Gasteiger partial charge in [0.05, 0.1) is 19.4 Å². The van der Waals surface area contributed by atoms with Gasteiger partial charge in [-0.2, -0.15) is 5.10 Å². The fourth-order valence-corrected chi connectivity index (χ4v) is 2.24. The Kier molecular flexibility index (Phi) is 8.34. The summed E-state index contributed by atoms with van der Waals surface area (Å²) in [7, 11) is 0. The van der Waals surface area contributed by atoms with Gasteiger partial charge in [-0.1, -0.05) is 31.5 Å². The van der Waals surface area contributed by atoms with Gasteiger partial charge < -0.3 is 14.2 Å². The van der Waals surface area contributed by atoms with Gasteiger partial charge in [-0.25, -0.2) is 5.43 Å². The lowest BCUT2D eigenvalue weighted by atomic mass is 10.2. The predicted molar refractivity (Wildman–Crippen MR) is 110 cm³/mol. The molecule has 0 saturated heterocycles. The monoisotopic (exact) mass is 384 g/mol. The molecule has 0 saturated carbocycles. The molecule has 2 aromatic carbocycles. The van der Waals surface area contributed by atoms with Crippen LogP contribution in [0.15, 0.2) is 47.6 Å². The highest BCUT2D eigenvalue weighted by Crippen LogP contribution is 2.28. The fourth-order valence-electron chi connectivity index (χ4n) is 2.24. The maximum atomic E-state index is 11.9. The lowest BCUT2D eigenvalue weighted by molar-refractivity contribution is -0.123. The molecule has 1 amide bonds. The average Bonchev–Trinajstić information content (AvgIpc) is 2.67. The molecular formula is C22H28N2O4. The predicted octanol–water partition coefficient (Wildman–Crippen LogP) is 3.96. The molecule has 2 rings (SSSR count). The number of hydrazone groups is 1. The van der Waals surface area contributed by atoms with Gasteiger partial charge in [0.2, 0.25) is 0 Å². The van der Waals surface area contributed by atoms with Crippen molar-refractivity contribution in [3.8, 4) is 17.2 Å². The van der Waals surface area contributed by atoms with Crippen LogP contribution in [0.25, 0.3) is 0 Å². The van der Waals surface area contributed by atoms with Gasteiger partial charge in [-0.3, -0.25) is 4.79 Å². The van der Waals surface area contributed by atoms with Crippen molar-refractivity contribution in [3.05, 3.63) is 53.6 Å². The summed E-state index contributed by atoms with van der Waals surface area (Å²) < 4.78 is 16.8. The van der Waals surface area contributed by atoms with Crippen LogP contribution in [-0.4, -0.2) is 31.9 Å². The molecule has 0 unspecified atom stereocenters. The first kappa shape index (κ1) is 21.3. The lowest BCUT2D eigenvalue weighted by Crippen LogP contribution is -2.24. The van der Waals surface area contributed by atoms with Crippen LogP contribution >= 0.6 is 0 Å². The van der Waals surface area contributed by atoms with Crippen LogP contribution in [0.1, 0.15) is 31.9 Å². The molecular weight excluding hydrogens is 356 g/mol. The van der Waals surface area contributed by atoms with Crippen LogP contribution in [0.3, 0.4) is 0 Å². The molecule has 0 fully saturated rings. The van der Waals surface area contributed by atoms with Gasteiger partial charge >= 0.3 is 0 Å². The molecule has 6 nitrogen and oxygen atoms in total. The third-order valence-electron chi connectivity index (χ3n) is 3.63. The van der Waals surface area contributed by atoms with E-state index in [0.29, 0.717) is 36.4 Å². The van der Waals surface area contributed by atoms with Crippen molar-refractivity contribution < 1.29 is 19.0 Å². The van der Waals surface area contributed by atoms with Gasteiger partial charge in [-0.05, 0) is 55.7 Å². The molecule has 0 bridgehead atoms. The second kappa shape index (κ2) is 11.0. The minimum Gasteiger partial charge on any atom is -0.490 e. The highest BCUT2D eigenvalue weighted by molar-refractivity contribution is 5.83. The Morgan fingerprint density at radius 2 is 1.82 bits per heavy atom. The van der Waals surface area contributed by atoms with E-state index in [1.54, 1.807) is 6.21 Å². The second-order valence-corrected chi connectivity index (χ2v) is 6.74. The maximum Gasteiger partial charge on any atom is 0.277 e. The zero-order valence-corrected chi connectivity index (χ0v) is 16.9. The Hall–Kier alpha value is -3.02. The summed E-state index contributed by atoms with van der Waals surface area (Å²) in [5.74, 6) is 2.08. The Labute approximate surface area is 166 Å². The van der Waals surface area contributed by atoms with E-state index in [-0.39, 0.29) is 12.5 Å². The molecule has 0 radical (unpaired) electrons. The molecule has 0 aliphatic rings. The molecule has 150 valence electrons. The number of benzene rings is 2. The number of hydrogen-bond donors (Lipinski definition) is 1. The summed E-state index contributed by atoms with van der Waals surface area (Å²) in [6.45, 7) is 9.13. The van der Waals surface area contributed by atoms with E-state index >= 15 is 0 Å². The van der Waals surface area contributed by atoms with Crippen molar-refractivity contribution in [1.82, 2.24) is 5.43 Å². The molecule has 6 heteroatoms. The smallest absolute Gasteiger partial charge is 0.277 e. The lowest BCUT2D eigenvalue weighted by Gasteiger charge is -2.13. The van der Waals surface area contributed by atoms with E-state index in [4.69, 9.17) is 14.2 Å². The van der Waals surface area contributed by atoms with Crippen molar-refractivity contribution in [1.29, 1.82) is 0 Å². The molecule has 0 aromatic heterocycles. The Morgan fingerprint density at radius 3 is 2.50 bits per heavy atom. The molecule has 2 aromatic rings. The SMILES string of the molecule is CCOc1cc(/C=N/NC(=O)COc2ccc(C)cc2)ccc1OCC(C)C. The van der Waals surface area contributed by atoms with Gasteiger partial charge in [0.15, 0.2) is 18.1 Å². The van der Waals surface area contributed by atoms with Crippen LogP contribution in [0.4, 0.5) is 0 Å². The summed E-state index contributed by atoms with van der Waals surface area (Å²) in [4.78, 5) is 11.9. The van der Waals surface area contributed by atoms with Crippen LogP contribution in [0, 0.1) is 12.8 Å². The summed E-state index contributed by atoms with van der Waals surface area (Å²) in [5, 5.41) is 3.97. The first-order valence-corrected chi connectivity index (χ1v) is 9.39. The quantitative estimate of drug-likeness (QED) is 0.497. The Balaban J connectivity index is 1.88. The number of carbonyl (C=O) groups excluding carboxylic acids is 1. The minimum absolute atomic E-state index is 0.105. The standard InChI is InChI=1S/C22H28N2O4/c1-5-26-21-12-18(8-11-20(21)28-14-16(2)3)13-23-24-22(25)15-27-19-9-6-17(4)7-10-19/h6-13,16H,5,14-15H2,1-4H3,(H,24,25)/b23-13+. The van der Waals surface area contributed by atoms with E-state index in [0.717, 1.165) is 11.1 Å². The van der Waals surface area contributed by atoms with E-state index in [1.165, 1.54) is 0 Å². The second-order valence-electron chi connectivity index (χ2n) is 6.74. The molecule has 0 atom stereocenters. The highest BCUT2D eigenvalue weighted by Gasteiger charge is 2.07. The fraction of sp³-hybridized carbons (Fsp3) is 0.364. The zero-order chi connectivity index (χ0) is 20.4. The average molecular weight is 384 g/mol. The molecule has 0 aliphatic heterocycles. The number of carbonyl (C=O) groups is 1. The third-order valence-corrected chi connectivity index (χ3v) is 3.63. The molecule has 0 spiro atoms. The van der Waals surface area contributed by atoms with Crippen LogP contribution in [-0.2, 0) is 4.79 Å². The molecule has 28 heavy (non-hydrogen) atoms. The normalized spacial score (nSPS) is 10.9. The highest BCUT2D eigenvalue weighted by atomic mass is 16.5. The molecule has 1 N–H and O–H groups in total. The first-order valence-electron chi connectivity index (χ1n) is 9.39. The molecule has 0 heterocycles. The number of hydrogen-bond acceptors (Lipinski definition) is 5. The van der Waals surface area contributed by atoms with Crippen molar-refractivity contribution in [2.75, 3.05) is 19.8 Å². The van der Waals surface area contributed by atoms with Crippen LogP contribution in [0.2, 0.25) is 0 Å². The zero-order valence-electron chi connectivity index (χ0n) is 16.9. The van der Waals surface area contributed by atoms with E-state index in [9.17, 15) is 4.79 Å². The van der Waals surface area contributed by atoms with Gasteiger partial charge in [-0.15, -0.1) is 0 Å². The van der Waals surface area contributed by atoms with Gasteiger partial charge in [0.25, 0.3) is 5.91 Å².